The zero-order chi connectivity index (χ0) is 10.6. The fraction of sp³-hybridized carbons (Fsp3) is 0.333. The largest absolute Gasteiger partial charge is 0.497 e. The van der Waals surface area contributed by atoms with Crippen molar-refractivity contribution >= 4 is 0 Å². The summed E-state index contributed by atoms with van der Waals surface area (Å²) in [6.45, 7) is 3.31. The topological polar surface area (TPSA) is 29.5 Å². The van der Waals surface area contributed by atoms with Gasteiger partial charge in [-0.15, -0.1) is 0 Å². The lowest BCUT2D eigenvalue weighted by atomic mass is 10.1. The highest BCUT2D eigenvalue weighted by Crippen LogP contribution is 2.10. The van der Waals surface area contributed by atoms with Gasteiger partial charge in [0.2, 0.25) is 0 Å². The molecule has 0 unspecified atom stereocenters. The van der Waals surface area contributed by atoms with Gasteiger partial charge in [0.1, 0.15) is 11.4 Å². The van der Waals surface area contributed by atoms with Gasteiger partial charge < -0.3 is 9.84 Å². The lowest BCUT2D eigenvalue weighted by Crippen LogP contribution is -2.14. The smallest absolute Gasteiger partial charge is 0.120 e. The van der Waals surface area contributed by atoms with Crippen LogP contribution in [0.5, 0.6) is 5.75 Å². The van der Waals surface area contributed by atoms with Crippen LogP contribution in [-0.4, -0.2) is 17.8 Å². The maximum atomic E-state index is 9.38. The first-order valence-corrected chi connectivity index (χ1v) is 4.41. The molecule has 0 aliphatic heterocycles. The first-order valence-electron chi connectivity index (χ1n) is 4.41. The van der Waals surface area contributed by atoms with Gasteiger partial charge in [-0.05, 0) is 38.1 Å². The summed E-state index contributed by atoms with van der Waals surface area (Å²) in [5.74, 6) is 6.43. The number of aliphatic hydroxyl groups is 1. The Kier molecular flexibility index (Phi) is 3.16. The molecule has 2 nitrogen and oxygen atoms in total. The minimum Gasteiger partial charge on any atom is -0.497 e. The molecule has 2 heteroatoms. The highest BCUT2D eigenvalue weighted by Gasteiger charge is 2.05. The Morgan fingerprint density at radius 3 is 2.21 bits per heavy atom. The first-order chi connectivity index (χ1) is 6.51. The van der Waals surface area contributed by atoms with Crippen LogP contribution in [0.15, 0.2) is 24.3 Å². The van der Waals surface area contributed by atoms with Crippen LogP contribution in [-0.2, 0) is 0 Å². The molecule has 0 fully saturated rings. The first kappa shape index (κ1) is 10.6. The summed E-state index contributed by atoms with van der Waals surface area (Å²) in [6.07, 6.45) is 0. The van der Waals surface area contributed by atoms with E-state index >= 15 is 0 Å². The van der Waals surface area contributed by atoms with Gasteiger partial charge in [0.15, 0.2) is 0 Å². The quantitative estimate of drug-likeness (QED) is 0.684. The van der Waals surface area contributed by atoms with Crippen molar-refractivity contribution in [2.24, 2.45) is 0 Å². The molecular formula is C12H14O2. The molecular weight excluding hydrogens is 176 g/mol. The Balaban J connectivity index is 2.82. The Hall–Kier alpha value is -1.46. The molecule has 0 aliphatic carbocycles. The molecule has 74 valence electrons. The number of benzene rings is 1. The molecule has 1 N–H and O–H groups in total. The highest BCUT2D eigenvalue weighted by atomic mass is 16.5. The Bertz CT molecular complexity index is 347. The summed E-state index contributed by atoms with van der Waals surface area (Å²) in [6, 6.07) is 7.40. The van der Waals surface area contributed by atoms with Gasteiger partial charge in [0, 0.05) is 5.56 Å². The fourth-order valence-electron chi connectivity index (χ4n) is 0.899. The second-order valence-electron chi connectivity index (χ2n) is 3.54. The van der Waals surface area contributed by atoms with Crippen LogP contribution in [0, 0.1) is 11.8 Å². The van der Waals surface area contributed by atoms with Crippen LogP contribution in [0.25, 0.3) is 0 Å². The third-order valence-corrected chi connectivity index (χ3v) is 1.60. The van der Waals surface area contributed by atoms with Gasteiger partial charge in [-0.25, -0.2) is 0 Å². The van der Waals surface area contributed by atoms with Crippen LogP contribution in [0.4, 0.5) is 0 Å². The van der Waals surface area contributed by atoms with Crippen molar-refractivity contribution in [3.63, 3.8) is 0 Å². The molecule has 0 radical (unpaired) electrons. The molecule has 0 aromatic heterocycles. The third-order valence-electron chi connectivity index (χ3n) is 1.60. The van der Waals surface area contributed by atoms with E-state index in [-0.39, 0.29) is 0 Å². The maximum Gasteiger partial charge on any atom is 0.120 e. The predicted octanol–water partition coefficient (Wildman–Crippen LogP) is 1.82. The second kappa shape index (κ2) is 4.17. The van der Waals surface area contributed by atoms with Gasteiger partial charge >= 0.3 is 0 Å². The third kappa shape index (κ3) is 3.51. The van der Waals surface area contributed by atoms with E-state index in [1.165, 1.54) is 0 Å². The Morgan fingerprint density at radius 2 is 1.79 bits per heavy atom. The number of rotatable bonds is 1. The van der Waals surface area contributed by atoms with Gasteiger partial charge in [0.05, 0.1) is 7.11 Å². The summed E-state index contributed by atoms with van der Waals surface area (Å²) in [4.78, 5) is 0. The number of methoxy groups -OCH3 is 1. The van der Waals surface area contributed by atoms with Gasteiger partial charge in [0.25, 0.3) is 0 Å². The minimum absolute atomic E-state index is 0.804. The lowest BCUT2D eigenvalue weighted by molar-refractivity contribution is 0.143. The fourth-order valence-corrected chi connectivity index (χ4v) is 0.899. The van der Waals surface area contributed by atoms with Gasteiger partial charge in [-0.3, -0.25) is 0 Å². The van der Waals surface area contributed by atoms with Gasteiger partial charge in [-0.2, -0.15) is 0 Å². The molecule has 0 amide bonds. The van der Waals surface area contributed by atoms with E-state index in [1.54, 1.807) is 21.0 Å². The van der Waals surface area contributed by atoms with Crippen LogP contribution in [0.2, 0.25) is 0 Å². The van der Waals surface area contributed by atoms with Crippen LogP contribution in [0.3, 0.4) is 0 Å². The molecule has 0 bridgehead atoms. The Labute approximate surface area is 84.5 Å². The van der Waals surface area contributed by atoms with Crippen molar-refractivity contribution in [2.75, 3.05) is 7.11 Å². The summed E-state index contributed by atoms with van der Waals surface area (Å²) >= 11 is 0. The maximum absolute atomic E-state index is 9.38. The Morgan fingerprint density at radius 1 is 1.21 bits per heavy atom. The number of hydrogen-bond acceptors (Lipinski definition) is 2. The summed E-state index contributed by atoms with van der Waals surface area (Å²) < 4.78 is 5.02. The SMILES string of the molecule is COc1ccc(C#CC(C)(C)O)cc1. The van der Waals surface area contributed by atoms with Crippen LogP contribution in [0.1, 0.15) is 19.4 Å². The minimum atomic E-state index is -0.945. The highest BCUT2D eigenvalue weighted by molar-refractivity contribution is 5.39. The van der Waals surface area contributed by atoms with Crippen LogP contribution < -0.4 is 4.74 Å². The van der Waals surface area contributed by atoms with E-state index in [0.29, 0.717) is 0 Å². The predicted molar refractivity (Wildman–Crippen MR) is 56.2 cm³/mol. The summed E-state index contributed by atoms with van der Waals surface area (Å²) in [7, 11) is 1.62. The number of ether oxygens (including phenoxy) is 1. The van der Waals surface area contributed by atoms with Crippen molar-refractivity contribution in [2.45, 2.75) is 19.4 Å². The summed E-state index contributed by atoms with van der Waals surface area (Å²) in [5, 5.41) is 9.38. The van der Waals surface area contributed by atoms with Gasteiger partial charge in [-0.1, -0.05) is 11.8 Å². The van der Waals surface area contributed by atoms with E-state index in [1.807, 2.05) is 24.3 Å². The molecule has 14 heavy (non-hydrogen) atoms. The van der Waals surface area contributed by atoms with E-state index in [9.17, 15) is 5.11 Å². The monoisotopic (exact) mass is 190 g/mol. The van der Waals surface area contributed by atoms with E-state index < -0.39 is 5.60 Å². The molecule has 0 atom stereocenters. The van der Waals surface area contributed by atoms with Crippen molar-refractivity contribution < 1.29 is 9.84 Å². The molecule has 0 aliphatic rings. The normalized spacial score (nSPS) is 10.3. The molecule has 1 aromatic rings. The van der Waals surface area contributed by atoms with Crippen molar-refractivity contribution in [3.05, 3.63) is 29.8 Å². The van der Waals surface area contributed by atoms with E-state index in [0.717, 1.165) is 11.3 Å². The van der Waals surface area contributed by atoms with Crippen molar-refractivity contribution in [1.29, 1.82) is 0 Å². The van der Waals surface area contributed by atoms with Crippen LogP contribution >= 0.6 is 0 Å². The summed E-state index contributed by atoms with van der Waals surface area (Å²) in [5.41, 5.74) is -0.0761. The van der Waals surface area contributed by atoms with E-state index in [2.05, 4.69) is 11.8 Å². The average molecular weight is 190 g/mol. The van der Waals surface area contributed by atoms with E-state index in [4.69, 9.17) is 4.74 Å². The number of hydrogen-bond donors (Lipinski definition) is 1. The average Bonchev–Trinajstić information content (AvgIpc) is 2.14. The lowest BCUT2D eigenvalue weighted by Gasteiger charge is -2.05. The second-order valence-corrected chi connectivity index (χ2v) is 3.54. The molecule has 0 spiro atoms. The molecule has 1 aromatic carbocycles. The molecule has 0 heterocycles. The molecule has 0 saturated carbocycles. The molecule has 0 saturated heterocycles. The zero-order valence-electron chi connectivity index (χ0n) is 8.66. The standard InChI is InChI=1S/C12H14O2/c1-12(2,13)9-8-10-4-6-11(14-3)7-5-10/h4-7,13H,1-3H3. The van der Waals surface area contributed by atoms with Crippen molar-refractivity contribution in [3.8, 4) is 17.6 Å². The molecule has 1 rings (SSSR count). The van der Waals surface area contributed by atoms with Crippen molar-refractivity contribution in [1.82, 2.24) is 0 Å². The zero-order valence-corrected chi connectivity index (χ0v) is 8.66.